The number of carbonyl (C=O) groups excluding carboxylic acids is 1. The lowest BCUT2D eigenvalue weighted by molar-refractivity contribution is -0.116. The van der Waals surface area contributed by atoms with Crippen LogP contribution in [-0.4, -0.2) is 27.3 Å². The van der Waals surface area contributed by atoms with Crippen molar-refractivity contribution in [2.24, 2.45) is 0 Å². The van der Waals surface area contributed by atoms with Gasteiger partial charge in [0.25, 0.3) is 0 Å². The molecule has 2 aromatic carbocycles. The van der Waals surface area contributed by atoms with Crippen LogP contribution < -0.4 is 10.1 Å². The van der Waals surface area contributed by atoms with Gasteiger partial charge < -0.3 is 14.6 Å². The number of anilines is 1. The molecule has 0 saturated carbocycles. The second kappa shape index (κ2) is 8.24. The fraction of sp³-hybridized carbons (Fsp3) is 0.211. The summed E-state index contributed by atoms with van der Waals surface area (Å²) in [5.74, 6) is 0.226. The van der Waals surface area contributed by atoms with Gasteiger partial charge in [0.1, 0.15) is 6.33 Å². The largest absolute Gasteiger partial charge is 0.490 e. The monoisotopic (exact) mass is 354 g/mol. The van der Waals surface area contributed by atoms with Crippen LogP contribution in [0.4, 0.5) is 10.1 Å². The van der Waals surface area contributed by atoms with Crippen molar-refractivity contribution in [1.82, 2.24) is 14.8 Å². The molecule has 0 aliphatic rings. The van der Waals surface area contributed by atoms with Gasteiger partial charge in [-0.1, -0.05) is 24.3 Å². The number of rotatable bonds is 7. The molecule has 0 aliphatic carbocycles. The predicted molar refractivity (Wildman–Crippen MR) is 96.3 cm³/mol. The maximum Gasteiger partial charge on any atom is 0.227 e. The first kappa shape index (κ1) is 17.6. The van der Waals surface area contributed by atoms with Crippen molar-refractivity contribution in [1.29, 1.82) is 0 Å². The molecular weight excluding hydrogens is 335 g/mol. The average molecular weight is 354 g/mol. The first-order valence-corrected chi connectivity index (χ1v) is 8.33. The Kier molecular flexibility index (Phi) is 5.58. The Morgan fingerprint density at radius 2 is 2.08 bits per heavy atom. The molecule has 1 aromatic heterocycles. The number of benzene rings is 2. The lowest BCUT2D eigenvalue weighted by atomic mass is 10.2. The van der Waals surface area contributed by atoms with Crippen LogP contribution in [0.25, 0.3) is 11.4 Å². The van der Waals surface area contributed by atoms with E-state index in [2.05, 4.69) is 15.5 Å². The van der Waals surface area contributed by atoms with E-state index in [1.165, 1.54) is 12.1 Å². The van der Waals surface area contributed by atoms with E-state index in [1.54, 1.807) is 24.5 Å². The smallest absolute Gasteiger partial charge is 0.227 e. The molecule has 0 bridgehead atoms. The molecule has 0 atom stereocenters. The zero-order chi connectivity index (χ0) is 18.4. The maximum atomic E-state index is 13.5. The third-order valence-electron chi connectivity index (χ3n) is 3.78. The summed E-state index contributed by atoms with van der Waals surface area (Å²) in [7, 11) is 0. The SMILES string of the molecule is CCn1cnnc1-c1cccc(NC(=O)CCOc2ccccc2F)c1. The molecular formula is C19H19FN4O2. The molecule has 3 rings (SSSR count). The van der Waals surface area contributed by atoms with Crippen molar-refractivity contribution < 1.29 is 13.9 Å². The summed E-state index contributed by atoms with van der Waals surface area (Å²) in [6, 6.07) is 13.5. The normalized spacial score (nSPS) is 10.5. The standard InChI is InChI=1S/C19H19FN4O2/c1-2-24-13-21-23-19(24)14-6-5-7-15(12-14)22-18(25)10-11-26-17-9-4-3-8-16(17)20/h3-9,12-13H,2,10-11H2,1H3,(H,22,25). The molecule has 0 unspecified atom stereocenters. The van der Waals surface area contributed by atoms with Gasteiger partial charge in [-0.3, -0.25) is 4.79 Å². The number of hydrogen-bond donors (Lipinski definition) is 1. The minimum absolute atomic E-state index is 0.0939. The van der Waals surface area contributed by atoms with E-state index >= 15 is 0 Å². The molecule has 3 aromatic rings. The van der Waals surface area contributed by atoms with E-state index in [9.17, 15) is 9.18 Å². The minimum atomic E-state index is -0.444. The van der Waals surface area contributed by atoms with Gasteiger partial charge in [-0.05, 0) is 31.2 Å². The zero-order valence-corrected chi connectivity index (χ0v) is 14.4. The highest BCUT2D eigenvalue weighted by atomic mass is 19.1. The number of hydrogen-bond acceptors (Lipinski definition) is 4. The first-order valence-electron chi connectivity index (χ1n) is 8.33. The fourth-order valence-corrected chi connectivity index (χ4v) is 2.48. The van der Waals surface area contributed by atoms with E-state index < -0.39 is 5.82 Å². The summed E-state index contributed by atoms with van der Waals surface area (Å²) in [6.45, 7) is 2.86. The van der Waals surface area contributed by atoms with E-state index in [0.29, 0.717) is 5.69 Å². The number of para-hydroxylation sites is 1. The van der Waals surface area contributed by atoms with Crippen LogP contribution in [0, 0.1) is 5.82 Å². The van der Waals surface area contributed by atoms with Crippen LogP contribution in [0.1, 0.15) is 13.3 Å². The van der Waals surface area contributed by atoms with E-state index in [1.807, 2.05) is 29.7 Å². The zero-order valence-electron chi connectivity index (χ0n) is 14.4. The van der Waals surface area contributed by atoms with E-state index in [-0.39, 0.29) is 24.7 Å². The van der Waals surface area contributed by atoms with Crippen LogP contribution in [0.15, 0.2) is 54.9 Å². The second-order valence-corrected chi connectivity index (χ2v) is 5.60. The van der Waals surface area contributed by atoms with Crippen molar-refractivity contribution in [2.45, 2.75) is 19.9 Å². The molecule has 134 valence electrons. The molecule has 0 saturated heterocycles. The van der Waals surface area contributed by atoms with Gasteiger partial charge in [0.2, 0.25) is 5.91 Å². The van der Waals surface area contributed by atoms with E-state index in [4.69, 9.17) is 4.74 Å². The predicted octanol–water partition coefficient (Wildman–Crippen LogP) is 3.51. The van der Waals surface area contributed by atoms with Crippen molar-refractivity contribution >= 4 is 11.6 Å². The molecule has 1 heterocycles. The Morgan fingerprint density at radius 3 is 2.88 bits per heavy atom. The number of ether oxygens (including phenoxy) is 1. The molecule has 0 fully saturated rings. The summed E-state index contributed by atoms with van der Waals surface area (Å²) in [6.07, 6.45) is 1.78. The van der Waals surface area contributed by atoms with Crippen molar-refractivity contribution in [3.8, 4) is 17.1 Å². The Balaban J connectivity index is 1.58. The van der Waals surface area contributed by atoms with E-state index in [0.717, 1.165) is 17.9 Å². The van der Waals surface area contributed by atoms with Gasteiger partial charge in [-0.2, -0.15) is 0 Å². The van der Waals surface area contributed by atoms with Gasteiger partial charge in [0.15, 0.2) is 17.4 Å². The first-order chi connectivity index (χ1) is 12.7. The minimum Gasteiger partial charge on any atom is -0.490 e. The summed E-state index contributed by atoms with van der Waals surface area (Å²) >= 11 is 0. The number of aromatic nitrogens is 3. The average Bonchev–Trinajstić information content (AvgIpc) is 3.12. The van der Waals surface area contributed by atoms with Crippen LogP contribution in [-0.2, 0) is 11.3 Å². The van der Waals surface area contributed by atoms with Crippen molar-refractivity contribution in [2.75, 3.05) is 11.9 Å². The number of nitrogens with one attached hydrogen (secondary N) is 1. The summed E-state index contributed by atoms with van der Waals surface area (Å²) in [5.41, 5.74) is 1.52. The third kappa shape index (κ3) is 4.24. The number of nitrogens with zero attached hydrogens (tertiary/aromatic N) is 3. The Morgan fingerprint density at radius 1 is 1.23 bits per heavy atom. The highest BCUT2D eigenvalue weighted by Gasteiger charge is 2.09. The third-order valence-corrected chi connectivity index (χ3v) is 3.78. The summed E-state index contributed by atoms with van der Waals surface area (Å²) in [5, 5.41) is 10.8. The molecule has 0 aliphatic heterocycles. The molecule has 6 nitrogen and oxygen atoms in total. The Labute approximate surface area is 150 Å². The highest BCUT2D eigenvalue weighted by molar-refractivity contribution is 5.91. The van der Waals surface area contributed by atoms with Gasteiger partial charge >= 0.3 is 0 Å². The van der Waals surface area contributed by atoms with Crippen LogP contribution >= 0.6 is 0 Å². The molecule has 26 heavy (non-hydrogen) atoms. The Hall–Kier alpha value is -3.22. The number of amides is 1. The molecule has 1 N–H and O–H groups in total. The van der Waals surface area contributed by atoms with Gasteiger partial charge in [-0.15, -0.1) is 10.2 Å². The lowest BCUT2D eigenvalue weighted by Gasteiger charge is -2.09. The van der Waals surface area contributed by atoms with Gasteiger partial charge in [0, 0.05) is 17.8 Å². The quantitative estimate of drug-likeness (QED) is 0.705. The van der Waals surface area contributed by atoms with Crippen LogP contribution in [0.2, 0.25) is 0 Å². The number of carbonyl (C=O) groups is 1. The number of aryl methyl sites for hydroxylation is 1. The molecule has 1 amide bonds. The van der Waals surface area contributed by atoms with Crippen LogP contribution in [0.5, 0.6) is 5.75 Å². The van der Waals surface area contributed by atoms with Crippen LogP contribution in [0.3, 0.4) is 0 Å². The van der Waals surface area contributed by atoms with Gasteiger partial charge in [-0.25, -0.2) is 4.39 Å². The van der Waals surface area contributed by atoms with Crippen molar-refractivity contribution in [3.05, 3.63) is 60.7 Å². The summed E-state index contributed by atoms with van der Waals surface area (Å²) in [4.78, 5) is 12.1. The molecule has 0 radical (unpaired) electrons. The fourth-order valence-electron chi connectivity index (χ4n) is 2.48. The van der Waals surface area contributed by atoms with Crippen molar-refractivity contribution in [3.63, 3.8) is 0 Å². The molecule has 0 spiro atoms. The molecule has 7 heteroatoms. The lowest BCUT2D eigenvalue weighted by Crippen LogP contribution is -2.15. The van der Waals surface area contributed by atoms with Gasteiger partial charge in [0.05, 0.1) is 13.0 Å². The topological polar surface area (TPSA) is 69.0 Å². The Bertz CT molecular complexity index is 895. The summed E-state index contributed by atoms with van der Waals surface area (Å²) < 4.78 is 20.7. The highest BCUT2D eigenvalue weighted by Crippen LogP contribution is 2.21. The maximum absolute atomic E-state index is 13.5. The number of halogens is 1. The second-order valence-electron chi connectivity index (χ2n) is 5.60.